The fourth-order valence-corrected chi connectivity index (χ4v) is 1.70. The van der Waals surface area contributed by atoms with Crippen LogP contribution in [0.4, 0.5) is 0 Å². The summed E-state index contributed by atoms with van der Waals surface area (Å²) in [5.41, 5.74) is 1.11. The van der Waals surface area contributed by atoms with Crippen LogP contribution in [0.3, 0.4) is 0 Å². The number of hydrogen-bond acceptors (Lipinski definition) is 3. The molecule has 1 unspecified atom stereocenters. The number of rotatable bonds is 7. The fourth-order valence-electron chi connectivity index (χ4n) is 1.70. The van der Waals surface area contributed by atoms with Gasteiger partial charge in [0, 0.05) is 0 Å². The van der Waals surface area contributed by atoms with Gasteiger partial charge in [-0.3, -0.25) is 0 Å². The Morgan fingerprint density at radius 2 is 1.53 bits per heavy atom. The quantitative estimate of drug-likeness (QED) is 0.829. The zero-order valence-electron chi connectivity index (χ0n) is 10.7. The van der Waals surface area contributed by atoms with Crippen molar-refractivity contribution in [3.8, 4) is 5.75 Å². The molecule has 19 heavy (non-hydrogen) atoms. The molecule has 0 amide bonds. The normalized spacial score (nSPS) is 12.1. The van der Waals surface area contributed by atoms with E-state index in [2.05, 4.69) is 0 Å². The summed E-state index contributed by atoms with van der Waals surface area (Å²) >= 11 is 0. The van der Waals surface area contributed by atoms with Gasteiger partial charge in [-0.15, -0.1) is 0 Å². The topological polar surface area (TPSA) is 38.7 Å². The first-order chi connectivity index (χ1) is 9.38. The second-order valence-electron chi connectivity index (χ2n) is 4.24. The smallest absolute Gasteiger partial charge is 0.145 e. The minimum absolute atomic E-state index is 0.0658. The monoisotopic (exact) mass is 258 g/mol. The molecule has 0 saturated heterocycles. The van der Waals surface area contributed by atoms with E-state index >= 15 is 0 Å². The molecule has 3 heteroatoms. The number of ether oxygens (including phenoxy) is 2. The molecule has 1 N–H and O–H groups in total. The third-order valence-corrected chi connectivity index (χ3v) is 2.66. The molecule has 0 spiro atoms. The molecule has 0 fully saturated rings. The van der Waals surface area contributed by atoms with Gasteiger partial charge in [-0.1, -0.05) is 48.5 Å². The Hall–Kier alpha value is -1.84. The van der Waals surface area contributed by atoms with Gasteiger partial charge >= 0.3 is 0 Å². The second-order valence-corrected chi connectivity index (χ2v) is 4.24. The molecule has 2 aromatic rings. The molecule has 0 aliphatic rings. The van der Waals surface area contributed by atoms with Crippen molar-refractivity contribution in [2.75, 3.05) is 13.2 Å². The molecule has 0 aliphatic carbocycles. The lowest BCUT2D eigenvalue weighted by molar-refractivity contribution is 0.0133. The fraction of sp³-hybridized carbons (Fsp3) is 0.250. The number of hydrogen-bond donors (Lipinski definition) is 1. The Kier molecular flexibility index (Phi) is 5.41. The van der Waals surface area contributed by atoms with Gasteiger partial charge < -0.3 is 14.6 Å². The zero-order valence-corrected chi connectivity index (χ0v) is 10.7. The Bertz CT molecular complexity index is 456. The maximum Gasteiger partial charge on any atom is 0.145 e. The molecule has 100 valence electrons. The molecule has 3 nitrogen and oxygen atoms in total. The van der Waals surface area contributed by atoms with E-state index in [0.29, 0.717) is 13.2 Å². The summed E-state index contributed by atoms with van der Waals surface area (Å²) in [4.78, 5) is 0. The van der Waals surface area contributed by atoms with E-state index in [1.165, 1.54) is 0 Å². The third kappa shape index (κ3) is 4.73. The molecule has 2 aromatic carbocycles. The summed E-state index contributed by atoms with van der Waals surface area (Å²) in [6.45, 7) is 0.819. The van der Waals surface area contributed by atoms with Crippen LogP contribution in [0.25, 0.3) is 0 Å². The van der Waals surface area contributed by atoms with Crippen molar-refractivity contribution in [1.82, 2.24) is 0 Å². The average molecular weight is 258 g/mol. The van der Waals surface area contributed by atoms with Crippen LogP contribution in [-0.2, 0) is 11.3 Å². The van der Waals surface area contributed by atoms with Crippen molar-refractivity contribution in [3.05, 3.63) is 66.2 Å². The number of aliphatic hydroxyl groups is 1. The highest BCUT2D eigenvalue weighted by Crippen LogP contribution is 2.11. The van der Waals surface area contributed by atoms with Crippen molar-refractivity contribution in [3.63, 3.8) is 0 Å². The summed E-state index contributed by atoms with van der Waals surface area (Å²) in [7, 11) is 0. The summed E-state index contributed by atoms with van der Waals surface area (Å²) in [6, 6.07) is 19.4. The van der Waals surface area contributed by atoms with Gasteiger partial charge in [-0.05, 0) is 17.7 Å². The van der Waals surface area contributed by atoms with Crippen LogP contribution in [0.15, 0.2) is 60.7 Å². The largest absolute Gasteiger partial charge is 0.486 e. The van der Waals surface area contributed by atoms with Crippen LogP contribution in [0.5, 0.6) is 5.75 Å². The highest BCUT2D eigenvalue weighted by atomic mass is 16.5. The van der Waals surface area contributed by atoms with Gasteiger partial charge in [0.2, 0.25) is 0 Å². The van der Waals surface area contributed by atoms with Crippen LogP contribution in [0.2, 0.25) is 0 Å². The van der Waals surface area contributed by atoms with E-state index in [1.54, 1.807) is 0 Å². The summed E-state index contributed by atoms with van der Waals surface area (Å²) < 4.78 is 11.2. The van der Waals surface area contributed by atoms with Gasteiger partial charge in [0.25, 0.3) is 0 Å². The number of aliphatic hydroxyl groups excluding tert-OH is 1. The molecule has 0 bridgehead atoms. The second kappa shape index (κ2) is 7.56. The molecule has 0 heterocycles. The summed E-state index contributed by atoms with van der Waals surface area (Å²) in [5, 5.41) is 9.28. The molecule has 0 saturated carbocycles. The maximum absolute atomic E-state index is 9.28. The highest BCUT2D eigenvalue weighted by Gasteiger charge is 2.09. The van der Waals surface area contributed by atoms with Crippen LogP contribution in [0, 0.1) is 0 Å². The number of para-hydroxylation sites is 1. The van der Waals surface area contributed by atoms with E-state index in [9.17, 15) is 5.11 Å². The summed E-state index contributed by atoms with van der Waals surface area (Å²) in [6.07, 6.45) is -0.342. The van der Waals surface area contributed by atoms with E-state index in [1.807, 2.05) is 60.7 Å². The Balaban J connectivity index is 1.77. The van der Waals surface area contributed by atoms with E-state index in [-0.39, 0.29) is 12.7 Å². The lowest BCUT2D eigenvalue weighted by Crippen LogP contribution is -2.27. The molecule has 1 atom stereocenters. The van der Waals surface area contributed by atoms with Crippen LogP contribution in [-0.4, -0.2) is 24.4 Å². The van der Waals surface area contributed by atoms with Crippen molar-refractivity contribution in [2.24, 2.45) is 0 Å². The molecular formula is C16H18O3. The van der Waals surface area contributed by atoms with Crippen molar-refractivity contribution in [1.29, 1.82) is 0 Å². The standard InChI is InChI=1S/C16H18O3/c17-11-16(19-15-9-5-2-6-10-15)13-18-12-14-7-3-1-4-8-14/h1-10,16-17H,11-13H2. The van der Waals surface area contributed by atoms with Crippen molar-refractivity contribution in [2.45, 2.75) is 12.7 Å². The van der Waals surface area contributed by atoms with Crippen LogP contribution in [0.1, 0.15) is 5.56 Å². The Morgan fingerprint density at radius 1 is 0.895 bits per heavy atom. The first kappa shape index (κ1) is 13.6. The van der Waals surface area contributed by atoms with Gasteiger partial charge in [0.1, 0.15) is 11.9 Å². The molecule has 0 aliphatic heterocycles. The van der Waals surface area contributed by atoms with E-state index < -0.39 is 0 Å². The predicted molar refractivity (Wildman–Crippen MR) is 74.0 cm³/mol. The SMILES string of the molecule is OCC(COCc1ccccc1)Oc1ccccc1. The van der Waals surface area contributed by atoms with Crippen LogP contribution < -0.4 is 4.74 Å². The number of benzene rings is 2. The molecule has 0 aromatic heterocycles. The van der Waals surface area contributed by atoms with Crippen LogP contribution >= 0.6 is 0 Å². The minimum atomic E-state index is -0.342. The third-order valence-electron chi connectivity index (χ3n) is 2.66. The zero-order chi connectivity index (χ0) is 13.3. The minimum Gasteiger partial charge on any atom is -0.486 e. The lowest BCUT2D eigenvalue weighted by atomic mass is 10.2. The van der Waals surface area contributed by atoms with Gasteiger partial charge in [0.05, 0.1) is 19.8 Å². The van der Waals surface area contributed by atoms with E-state index in [4.69, 9.17) is 9.47 Å². The molecular weight excluding hydrogens is 240 g/mol. The Morgan fingerprint density at radius 3 is 2.16 bits per heavy atom. The highest BCUT2D eigenvalue weighted by molar-refractivity contribution is 5.21. The first-order valence-corrected chi connectivity index (χ1v) is 6.32. The lowest BCUT2D eigenvalue weighted by Gasteiger charge is -2.17. The molecule has 2 rings (SSSR count). The maximum atomic E-state index is 9.28. The van der Waals surface area contributed by atoms with Gasteiger partial charge in [-0.2, -0.15) is 0 Å². The average Bonchev–Trinajstić information content (AvgIpc) is 2.48. The molecule has 0 radical (unpaired) electrons. The van der Waals surface area contributed by atoms with Gasteiger partial charge in [0.15, 0.2) is 0 Å². The van der Waals surface area contributed by atoms with Crippen molar-refractivity contribution < 1.29 is 14.6 Å². The summed E-state index contributed by atoms with van der Waals surface area (Å²) in [5.74, 6) is 0.741. The predicted octanol–water partition coefficient (Wildman–Crippen LogP) is 2.64. The van der Waals surface area contributed by atoms with E-state index in [0.717, 1.165) is 11.3 Å². The van der Waals surface area contributed by atoms with Gasteiger partial charge in [-0.25, -0.2) is 0 Å². The first-order valence-electron chi connectivity index (χ1n) is 6.32. The Labute approximate surface area is 113 Å². The van der Waals surface area contributed by atoms with Crippen molar-refractivity contribution >= 4 is 0 Å².